The third-order valence-corrected chi connectivity index (χ3v) is 4.39. The van der Waals surface area contributed by atoms with Gasteiger partial charge in [0.1, 0.15) is 5.82 Å². The Kier molecular flexibility index (Phi) is 5.00. The van der Waals surface area contributed by atoms with Crippen LogP contribution in [0, 0.1) is 0 Å². The summed E-state index contributed by atoms with van der Waals surface area (Å²) in [6.07, 6.45) is 0.489. The van der Waals surface area contributed by atoms with Crippen LogP contribution in [0.15, 0.2) is 30.5 Å². The van der Waals surface area contributed by atoms with Crippen molar-refractivity contribution in [3.05, 3.63) is 47.2 Å². The molecule has 3 rings (SSSR count). The Hall–Kier alpha value is -3.49. The second-order valence-corrected chi connectivity index (χ2v) is 6.72. The van der Waals surface area contributed by atoms with Crippen LogP contribution in [0.4, 0.5) is 5.82 Å². The number of nitrogens with one attached hydrogen (secondary N) is 1. The summed E-state index contributed by atoms with van der Waals surface area (Å²) in [5.41, 5.74) is 0.457. The predicted molar refractivity (Wildman–Crippen MR) is 99.0 cm³/mol. The molecule has 3 amide bonds. The first-order valence-corrected chi connectivity index (χ1v) is 8.72. The first-order chi connectivity index (χ1) is 13.2. The quantitative estimate of drug-likeness (QED) is 0.622. The standard InChI is InChI=1S/C19H20N4O5/c1-10(2)23-15(7-8-20-23)21-16(24)11(3)28-19(27)12-5-6-13-14(9-12)18(26)22(4)17(13)25/h5-11H,1-4H3,(H,21,24). The minimum Gasteiger partial charge on any atom is -0.449 e. The smallest absolute Gasteiger partial charge is 0.338 e. The molecule has 9 heteroatoms. The van der Waals surface area contributed by atoms with Crippen LogP contribution >= 0.6 is 0 Å². The van der Waals surface area contributed by atoms with Crippen molar-refractivity contribution in [1.82, 2.24) is 14.7 Å². The number of esters is 1. The van der Waals surface area contributed by atoms with Gasteiger partial charge in [0.05, 0.1) is 22.9 Å². The van der Waals surface area contributed by atoms with E-state index < -0.39 is 29.8 Å². The van der Waals surface area contributed by atoms with Gasteiger partial charge in [0.25, 0.3) is 17.7 Å². The van der Waals surface area contributed by atoms with E-state index in [9.17, 15) is 19.2 Å². The summed E-state index contributed by atoms with van der Waals surface area (Å²) in [6.45, 7) is 5.28. The van der Waals surface area contributed by atoms with Crippen molar-refractivity contribution >= 4 is 29.5 Å². The molecule has 1 aromatic carbocycles. The molecule has 9 nitrogen and oxygen atoms in total. The summed E-state index contributed by atoms with van der Waals surface area (Å²) in [5.74, 6) is -1.69. The number of hydrogen-bond acceptors (Lipinski definition) is 6. The first kappa shape index (κ1) is 19.3. The number of amides is 3. The van der Waals surface area contributed by atoms with Gasteiger partial charge in [-0.2, -0.15) is 5.10 Å². The van der Waals surface area contributed by atoms with Crippen LogP contribution in [-0.4, -0.2) is 51.5 Å². The number of hydrogen-bond donors (Lipinski definition) is 1. The van der Waals surface area contributed by atoms with E-state index in [1.165, 1.54) is 32.2 Å². The topological polar surface area (TPSA) is 111 Å². The number of imide groups is 1. The predicted octanol–water partition coefficient (Wildman–Crippen LogP) is 1.87. The van der Waals surface area contributed by atoms with Crippen molar-refractivity contribution in [1.29, 1.82) is 0 Å². The second kappa shape index (κ2) is 7.26. The van der Waals surface area contributed by atoms with Gasteiger partial charge < -0.3 is 10.1 Å². The van der Waals surface area contributed by atoms with Crippen LogP contribution in [0.25, 0.3) is 0 Å². The lowest BCUT2D eigenvalue weighted by molar-refractivity contribution is -0.123. The molecular weight excluding hydrogens is 364 g/mol. The van der Waals surface area contributed by atoms with Crippen molar-refractivity contribution in [2.45, 2.75) is 32.9 Å². The fourth-order valence-corrected chi connectivity index (χ4v) is 2.82. The van der Waals surface area contributed by atoms with Crippen LogP contribution in [-0.2, 0) is 9.53 Å². The third-order valence-electron chi connectivity index (χ3n) is 4.39. The molecule has 0 bridgehead atoms. The number of anilines is 1. The van der Waals surface area contributed by atoms with E-state index in [0.717, 1.165) is 4.90 Å². The molecule has 1 atom stereocenters. The van der Waals surface area contributed by atoms with Crippen LogP contribution in [0.5, 0.6) is 0 Å². The van der Waals surface area contributed by atoms with E-state index in [1.807, 2.05) is 13.8 Å². The van der Waals surface area contributed by atoms with Crippen molar-refractivity contribution in [3.8, 4) is 0 Å². The van der Waals surface area contributed by atoms with Gasteiger partial charge >= 0.3 is 5.97 Å². The Balaban J connectivity index is 1.69. The van der Waals surface area contributed by atoms with Crippen molar-refractivity contribution < 1.29 is 23.9 Å². The van der Waals surface area contributed by atoms with Gasteiger partial charge in [-0.1, -0.05) is 0 Å². The number of aromatic nitrogens is 2. The molecule has 0 fully saturated rings. The van der Waals surface area contributed by atoms with E-state index in [0.29, 0.717) is 5.82 Å². The van der Waals surface area contributed by atoms with Crippen LogP contribution in [0.3, 0.4) is 0 Å². The molecule has 0 saturated carbocycles. The lowest BCUT2D eigenvalue weighted by Crippen LogP contribution is -2.31. The Morgan fingerprint density at radius 3 is 2.43 bits per heavy atom. The minimum atomic E-state index is -1.07. The Morgan fingerprint density at radius 1 is 1.07 bits per heavy atom. The van der Waals surface area contributed by atoms with Gasteiger partial charge in [0.15, 0.2) is 6.10 Å². The summed E-state index contributed by atoms with van der Waals surface area (Å²) >= 11 is 0. The number of nitrogens with zero attached hydrogens (tertiary/aromatic N) is 3. The summed E-state index contributed by atoms with van der Waals surface area (Å²) in [6, 6.07) is 5.80. The van der Waals surface area contributed by atoms with Crippen molar-refractivity contribution in [2.24, 2.45) is 0 Å². The molecule has 1 N–H and O–H groups in total. The molecule has 2 aromatic rings. The average molecular weight is 384 g/mol. The molecule has 2 heterocycles. The van der Waals surface area contributed by atoms with Gasteiger partial charge in [-0.05, 0) is 39.0 Å². The molecule has 0 spiro atoms. The highest BCUT2D eigenvalue weighted by Crippen LogP contribution is 2.23. The highest BCUT2D eigenvalue weighted by molar-refractivity contribution is 6.21. The number of carbonyl (C=O) groups is 4. The van der Waals surface area contributed by atoms with E-state index in [2.05, 4.69) is 10.4 Å². The number of carbonyl (C=O) groups excluding carboxylic acids is 4. The highest BCUT2D eigenvalue weighted by Gasteiger charge is 2.33. The maximum Gasteiger partial charge on any atom is 0.338 e. The van der Waals surface area contributed by atoms with E-state index in [4.69, 9.17) is 4.74 Å². The summed E-state index contributed by atoms with van der Waals surface area (Å²) in [7, 11) is 1.37. The van der Waals surface area contributed by atoms with Gasteiger partial charge in [-0.15, -0.1) is 0 Å². The summed E-state index contributed by atoms with van der Waals surface area (Å²) in [4.78, 5) is 49.7. The van der Waals surface area contributed by atoms with Crippen LogP contribution in [0.2, 0.25) is 0 Å². The number of benzene rings is 1. The first-order valence-electron chi connectivity index (χ1n) is 8.72. The van der Waals surface area contributed by atoms with Gasteiger partial charge in [-0.3, -0.25) is 19.3 Å². The maximum absolute atomic E-state index is 12.4. The molecule has 0 radical (unpaired) electrons. The molecule has 1 aliphatic rings. The Morgan fingerprint density at radius 2 is 1.75 bits per heavy atom. The molecule has 1 unspecified atom stereocenters. The van der Waals surface area contributed by atoms with Crippen molar-refractivity contribution in [2.75, 3.05) is 12.4 Å². The molecule has 0 saturated heterocycles. The van der Waals surface area contributed by atoms with Crippen LogP contribution in [0.1, 0.15) is 57.9 Å². The lowest BCUT2D eigenvalue weighted by atomic mass is 10.1. The normalized spacial score (nSPS) is 14.2. The third kappa shape index (κ3) is 3.38. The fourth-order valence-electron chi connectivity index (χ4n) is 2.82. The number of fused-ring (bicyclic) bond motifs is 1. The zero-order valence-corrected chi connectivity index (χ0v) is 15.9. The molecule has 146 valence electrons. The molecule has 1 aliphatic heterocycles. The minimum absolute atomic E-state index is 0.0490. The summed E-state index contributed by atoms with van der Waals surface area (Å²) < 4.78 is 6.84. The lowest BCUT2D eigenvalue weighted by Gasteiger charge is -2.16. The highest BCUT2D eigenvalue weighted by atomic mass is 16.5. The molecule has 1 aromatic heterocycles. The molecule has 28 heavy (non-hydrogen) atoms. The average Bonchev–Trinajstić information content (AvgIpc) is 3.21. The maximum atomic E-state index is 12.4. The van der Waals surface area contributed by atoms with E-state index >= 15 is 0 Å². The van der Waals surface area contributed by atoms with Gasteiger partial charge in [0.2, 0.25) is 0 Å². The molecular formula is C19H20N4O5. The summed E-state index contributed by atoms with van der Waals surface area (Å²) in [5, 5.41) is 6.79. The molecule has 0 aliphatic carbocycles. The monoisotopic (exact) mass is 384 g/mol. The van der Waals surface area contributed by atoms with Crippen LogP contribution < -0.4 is 5.32 Å². The van der Waals surface area contributed by atoms with Gasteiger partial charge in [-0.25, -0.2) is 9.48 Å². The number of rotatable bonds is 5. The second-order valence-electron chi connectivity index (χ2n) is 6.72. The number of ether oxygens (including phenoxy) is 1. The Labute approximate surface area is 161 Å². The largest absolute Gasteiger partial charge is 0.449 e. The zero-order valence-electron chi connectivity index (χ0n) is 15.9. The van der Waals surface area contributed by atoms with E-state index in [1.54, 1.807) is 16.9 Å². The zero-order chi connectivity index (χ0) is 20.6. The SMILES string of the molecule is CC(OC(=O)c1ccc2c(c1)C(=O)N(C)C2=O)C(=O)Nc1ccnn1C(C)C. The van der Waals surface area contributed by atoms with E-state index in [-0.39, 0.29) is 22.7 Å². The Bertz CT molecular complexity index is 978. The van der Waals surface area contributed by atoms with Gasteiger partial charge in [0, 0.05) is 19.2 Å². The van der Waals surface area contributed by atoms with Crippen molar-refractivity contribution in [3.63, 3.8) is 0 Å². The fraction of sp³-hybridized carbons (Fsp3) is 0.316.